The number of benzene rings is 1. The third kappa shape index (κ3) is 4.45. The van der Waals surface area contributed by atoms with Gasteiger partial charge < -0.3 is 5.73 Å². The van der Waals surface area contributed by atoms with E-state index in [1.807, 2.05) is 23.9 Å². The van der Waals surface area contributed by atoms with Crippen molar-refractivity contribution in [2.24, 2.45) is 11.7 Å². The lowest BCUT2D eigenvalue weighted by Crippen LogP contribution is -1.99. The lowest BCUT2D eigenvalue weighted by Gasteiger charge is -2.09. The van der Waals surface area contributed by atoms with Crippen LogP contribution in [-0.4, -0.2) is 5.75 Å². The Balaban J connectivity index is 2.60. The summed E-state index contributed by atoms with van der Waals surface area (Å²) in [5.41, 5.74) is 6.83. The van der Waals surface area contributed by atoms with E-state index >= 15 is 0 Å². The van der Waals surface area contributed by atoms with Gasteiger partial charge in [-0.15, -0.1) is 11.8 Å². The van der Waals surface area contributed by atoms with Crippen molar-refractivity contribution < 1.29 is 0 Å². The van der Waals surface area contributed by atoms with Crippen molar-refractivity contribution in [2.45, 2.75) is 31.7 Å². The van der Waals surface area contributed by atoms with E-state index in [1.54, 1.807) is 0 Å². The summed E-state index contributed by atoms with van der Waals surface area (Å²) in [6, 6.07) is 5.95. The number of nitrogens with two attached hydrogens (primary N) is 1. The maximum atomic E-state index is 5.92. The molecule has 0 bridgehead atoms. The smallest absolute Gasteiger partial charge is 0.0410 e. The Bertz CT molecular complexity index is 312. The second-order valence-corrected chi connectivity index (χ2v) is 5.56. The van der Waals surface area contributed by atoms with Gasteiger partial charge in [-0.3, -0.25) is 0 Å². The third-order valence-corrected chi connectivity index (χ3v) is 3.58. The summed E-state index contributed by atoms with van der Waals surface area (Å²) in [7, 11) is 0. The van der Waals surface area contributed by atoms with Crippen LogP contribution in [0.2, 0.25) is 5.02 Å². The van der Waals surface area contributed by atoms with Crippen molar-refractivity contribution in [3.63, 3.8) is 0 Å². The maximum absolute atomic E-state index is 5.92. The molecule has 0 amide bonds. The van der Waals surface area contributed by atoms with E-state index in [9.17, 15) is 0 Å². The molecule has 0 saturated heterocycles. The molecule has 0 heterocycles. The minimum absolute atomic E-state index is 0.560. The van der Waals surface area contributed by atoms with E-state index in [-0.39, 0.29) is 0 Å². The molecule has 0 aliphatic rings. The molecular formula is C12H18ClNS. The molecule has 0 aromatic heterocycles. The standard InChI is InChI=1S/C12H18ClNS/c1-9(2)5-6-15-12-4-3-11(13)7-10(12)8-14/h3-4,7,9H,5-6,8,14H2,1-2H3. The van der Waals surface area contributed by atoms with Crippen molar-refractivity contribution in [1.82, 2.24) is 0 Å². The topological polar surface area (TPSA) is 26.0 Å². The highest BCUT2D eigenvalue weighted by Crippen LogP contribution is 2.26. The fraction of sp³-hybridized carbons (Fsp3) is 0.500. The van der Waals surface area contributed by atoms with Crippen LogP contribution in [0.15, 0.2) is 23.1 Å². The average molecular weight is 244 g/mol. The van der Waals surface area contributed by atoms with Crippen molar-refractivity contribution in [3.05, 3.63) is 28.8 Å². The molecule has 1 aromatic carbocycles. The highest BCUT2D eigenvalue weighted by Gasteiger charge is 2.03. The Hall–Kier alpha value is -0.180. The number of hydrogen-bond donors (Lipinski definition) is 1. The first-order valence-electron chi connectivity index (χ1n) is 5.24. The van der Waals surface area contributed by atoms with Gasteiger partial charge in [-0.05, 0) is 41.9 Å². The molecule has 1 rings (SSSR count). The number of hydrogen-bond acceptors (Lipinski definition) is 2. The number of rotatable bonds is 5. The molecule has 1 aromatic rings. The van der Waals surface area contributed by atoms with Crippen LogP contribution in [0.4, 0.5) is 0 Å². The highest BCUT2D eigenvalue weighted by atomic mass is 35.5. The fourth-order valence-corrected chi connectivity index (χ4v) is 2.75. The lowest BCUT2D eigenvalue weighted by molar-refractivity contribution is 0.632. The van der Waals surface area contributed by atoms with Gasteiger partial charge >= 0.3 is 0 Å². The van der Waals surface area contributed by atoms with E-state index in [0.717, 1.165) is 22.3 Å². The van der Waals surface area contributed by atoms with Crippen molar-refractivity contribution in [1.29, 1.82) is 0 Å². The summed E-state index contributed by atoms with van der Waals surface area (Å²) in [6.07, 6.45) is 1.23. The SMILES string of the molecule is CC(C)CCSc1ccc(Cl)cc1CN. The van der Waals surface area contributed by atoms with Crippen LogP contribution < -0.4 is 5.73 Å². The van der Waals surface area contributed by atoms with Gasteiger partial charge in [0, 0.05) is 16.5 Å². The Labute approximate surface area is 101 Å². The lowest BCUT2D eigenvalue weighted by atomic mass is 10.2. The monoisotopic (exact) mass is 243 g/mol. The molecule has 2 N–H and O–H groups in total. The fourth-order valence-electron chi connectivity index (χ4n) is 1.25. The summed E-state index contributed by atoms with van der Waals surface area (Å²) in [5, 5.41) is 0.767. The third-order valence-electron chi connectivity index (χ3n) is 2.20. The zero-order valence-corrected chi connectivity index (χ0v) is 10.9. The summed E-state index contributed by atoms with van der Waals surface area (Å²) in [4.78, 5) is 1.27. The van der Waals surface area contributed by atoms with Gasteiger partial charge in [0.1, 0.15) is 0 Å². The van der Waals surface area contributed by atoms with Gasteiger partial charge in [0.2, 0.25) is 0 Å². The first-order valence-corrected chi connectivity index (χ1v) is 6.61. The molecular weight excluding hydrogens is 226 g/mol. The van der Waals surface area contributed by atoms with Crippen LogP contribution in [0.25, 0.3) is 0 Å². The van der Waals surface area contributed by atoms with E-state index in [0.29, 0.717) is 6.54 Å². The number of thioether (sulfide) groups is 1. The first-order chi connectivity index (χ1) is 7.13. The first kappa shape index (κ1) is 12.9. The molecule has 0 spiro atoms. The van der Waals surface area contributed by atoms with Crippen molar-refractivity contribution >= 4 is 23.4 Å². The summed E-state index contributed by atoms with van der Waals surface area (Å²) in [6.45, 7) is 5.04. The van der Waals surface area contributed by atoms with Crippen molar-refractivity contribution in [3.8, 4) is 0 Å². The predicted octanol–water partition coefficient (Wildman–Crippen LogP) is 3.94. The summed E-state index contributed by atoms with van der Waals surface area (Å²) < 4.78 is 0. The maximum Gasteiger partial charge on any atom is 0.0410 e. The summed E-state index contributed by atoms with van der Waals surface area (Å²) >= 11 is 7.79. The van der Waals surface area contributed by atoms with Gasteiger partial charge in [0.25, 0.3) is 0 Å². The molecule has 15 heavy (non-hydrogen) atoms. The molecule has 0 atom stereocenters. The minimum atomic E-state index is 0.560. The Morgan fingerprint density at radius 1 is 1.40 bits per heavy atom. The Kier molecular flexibility index (Phi) is 5.51. The van der Waals surface area contributed by atoms with Crippen LogP contribution in [0, 0.1) is 5.92 Å². The average Bonchev–Trinajstić information content (AvgIpc) is 2.19. The molecule has 0 fully saturated rings. The van der Waals surface area contributed by atoms with Gasteiger partial charge in [0.15, 0.2) is 0 Å². The molecule has 1 nitrogen and oxygen atoms in total. The molecule has 0 aliphatic carbocycles. The van der Waals surface area contributed by atoms with E-state index in [2.05, 4.69) is 19.9 Å². The molecule has 0 unspecified atom stereocenters. The van der Waals surface area contributed by atoms with Crippen molar-refractivity contribution in [2.75, 3.05) is 5.75 Å². The van der Waals surface area contributed by atoms with E-state index in [1.165, 1.54) is 11.3 Å². The zero-order chi connectivity index (χ0) is 11.3. The normalized spacial score (nSPS) is 11.0. The molecule has 3 heteroatoms. The van der Waals surface area contributed by atoms with Gasteiger partial charge in [-0.2, -0.15) is 0 Å². The highest BCUT2D eigenvalue weighted by molar-refractivity contribution is 7.99. The van der Waals surface area contributed by atoms with Crippen LogP contribution in [0.5, 0.6) is 0 Å². The second-order valence-electron chi connectivity index (χ2n) is 3.99. The van der Waals surface area contributed by atoms with Crippen LogP contribution in [0.1, 0.15) is 25.8 Å². The van der Waals surface area contributed by atoms with Crippen LogP contribution in [-0.2, 0) is 6.54 Å². The quantitative estimate of drug-likeness (QED) is 0.793. The second kappa shape index (κ2) is 6.41. The largest absolute Gasteiger partial charge is 0.326 e. The van der Waals surface area contributed by atoms with E-state index < -0.39 is 0 Å². The zero-order valence-electron chi connectivity index (χ0n) is 9.29. The molecule has 84 valence electrons. The molecule has 0 radical (unpaired) electrons. The summed E-state index contributed by atoms with van der Waals surface area (Å²) in [5.74, 6) is 1.90. The number of halogens is 1. The Morgan fingerprint density at radius 2 is 2.13 bits per heavy atom. The van der Waals surface area contributed by atoms with Gasteiger partial charge in [-0.1, -0.05) is 25.4 Å². The Morgan fingerprint density at radius 3 is 2.73 bits per heavy atom. The predicted molar refractivity (Wildman–Crippen MR) is 69.5 cm³/mol. The molecule has 0 aliphatic heterocycles. The molecule has 0 saturated carbocycles. The van der Waals surface area contributed by atoms with Gasteiger partial charge in [0.05, 0.1) is 0 Å². The van der Waals surface area contributed by atoms with E-state index in [4.69, 9.17) is 17.3 Å². The van der Waals surface area contributed by atoms with Crippen LogP contribution in [0.3, 0.4) is 0 Å². The van der Waals surface area contributed by atoms with Crippen LogP contribution >= 0.6 is 23.4 Å². The minimum Gasteiger partial charge on any atom is -0.326 e. The van der Waals surface area contributed by atoms with Gasteiger partial charge in [-0.25, -0.2) is 0 Å².